The number of hydrogen-bond donors (Lipinski definition) is 2. The van der Waals surface area contributed by atoms with Crippen LogP contribution >= 0.6 is 0 Å². The highest BCUT2D eigenvalue weighted by atomic mass is 15.3. The number of aromatic nitrogens is 2. The number of nitrogens with one attached hydrogen (secondary N) is 1. The molecule has 0 amide bonds. The maximum atomic E-state index is 5.57. The second-order valence-electron chi connectivity index (χ2n) is 5.52. The molecule has 1 heterocycles. The summed E-state index contributed by atoms with van der Waals surface area (Å²) < 4.78 is 0. The van der Waals surface area contributed by atoms with Gasteiger partial charge in [0.15, 0.2) is 5.82 Å². The van der Waals surface area contributed by atoms with Crippen molar-refractivity contribution in [2.45, 2.75) is 58.3 Å². The molecule has 0 aliphatic rings. The van der Waals surface area contributed by atoms with E-state index in [4.69, 9.17) is 5.84 Å². The number of anilines is 1. The molecule has 1 aromatic carbocycles. The van der Waals surface area contributed by atoms with Gasteiger partial charge in [-0.3, -0.25) is 0 Å². The number of hydrazine groups is 1. The quantitative estimate of drug-likeness (QED) is 0.412. The van der Waals surface area contributed by atoms with Crippen LogP contribution in [0.3, 0.4) is 0 Å². The summed E-state index contributed by atoms with van der Waals surface area (Å²) in [5.74, 6) is 6.28. The Hall–Kier alpha value is -1.68. The van der Waals surface area contributed by atoms with E-state index in [9.17, 15) is 0 Å². The molecule has 2 aromatic rings. The molecule has 21 heavy (non-hydrogen) atoms. The molecule has 0 spiro atoms. The van der Waals surface area contributed by atoms with E-state index in [1.807, 2.05) is 24.3 Å². The van der Waals surface area contributed by atoms with E-state index in [0.717, 1.165) is 29.6 Å². The summed E-state index contributed by atoms with van der Waals surface area (Å²) in [6, 6.07) is 7.91. The van der Waals surface area contributed by atoms with Gasteiger partial charge in [0.05, 0.1) is 16.7 Å². The Morgan fingerprint density at radius 3 is 2.19 bits per heavy atom. The lowest BCUT2D eigenvalue weighted by Crippen LogP contribution is -2.12. The van der Waals surface area contributed by atoms with Gasteiger partial charge in [0.1, 0.15) is 0 Å². The van der Waals surface area contributed by atoms with Crippen LogP contribution in [0.2, 0.25) is 0 Å². The van der Waals surface area contributed by atoms with Crippen LogP contribution in [0, 0.1) is 0 Å². The number of aryl methyl sites for hydroxylation is 1. The van der Waals surface area contributed by atoms with Gasteiger partial charge in [-0.2, -0.15) is 0 Å². The van der Waals surface area contributed by atoms with Gasteiger partial charge in [0.2, 0.25) is 0 Å². The van der Waals surface area contributed by atoms with E-state index in [-0.39, 0.29) is 0 Å². The third kappa shape index (κ3) is 4.67. The lowest BCUT2D eigenvalue weighted by atomic mass is 10.1. The average Bonchev–Trinajstić information content (AvgIpc) is 2.53. The summed E-state index contributed by atoms with van der Waals surface area (Å²) in [5, 5.41) is 0. The number of hydrogen-bond acceptors (Lipinski definition) is 4. The molecule has 0 radical (unpaired) electrons. The van der Waals surface area contributed by atoms with E-state index >= 15 is 0 Å². The van der Waals surface area contributed by atoms with Crippen molar-refractivity contribution in [1.82, 2.24) is 9.97 Å². The smallest absolute Gasteiger partial charge is 0.162 e. The largest absolute Gasteiger partial charge is 0.307 e. The third-order valence-corrected chi connectivity index (χ3v) is 3.80. The Morgan fingerprint density at radius 1 is 0.905 bits per heavy atom. The molecule has 0 saturated carbocycles. The number of para-hydroxylation sites is 2. The van der Waals surface area contributed by atoms with Crippen molar-refractivity contribution < 1.29 is 0 Å². The van der Waals surface area contributed by atoms with Gasteiger partial charge in [-0.15, -0.1) is 0 Å². The van der Waals surface area contributed by atoms with Gasteiger partial charge in [0.25, 0.3) is 0 Å². The minimum atomic E-state index is 0.708. The molecule has 0 aliphatic carbocycles. The zero-order valence-corrected chi connectivity index (χ0v) is 12.9. The molecular formula is C17H26N4. The number of nitrogen functional groups attached to an aromatic ring is 1. The van der Waals surface area contributed by atoms with Crippen molar-refractivity contribution >= 4 is 16.9 Å². The van der Waals surface area contributed by atoms with Crippen LogP contribution in [0.5, 0.6) is 0 Å². The van der Waals surface area contributed by atoms with Crippen molar-refractivity contribution in [1.29, 1.82) is 0 Å². The summed E-state index contributed by atoms with van der Waals surface area (Å²) >= 11 is 0. The van der Waals surface area contributed by atoms with E-state index in [1.165, 1.54) is 38.5 Å². The van der Waals surface area contributed by atoms with Crippen molar-refractivity contribution in [2.75, 3.05) is 5.43 Å². The van der Waals surface area contributed by atoms with Crippen LogP contribution in [-0.4, -0.2) is 9.97 Å². The van der Waals surface area contributed by atoms with Gasteiger partial charge in [-0.05, 0) is 25.0 Å². The minimum absolute atomic E-state index is 0.708. The first-order chi connectivity index (χ1) is 10.3. The fourth-order valence-corrected chi connectivity index (χ4v) is 2.58. The Labute approximate surface area is 127 Å². The topological polar surface area (TPSA) is 63.8 Å². The van der Waals surface area contributed by atoms with Crippen LogP contribution < -0.4 is 11.3 Å². The first kappa shape index (κ1) is 15.7. The summed E-state index contributed by atoms with van der Waals surface area (Å²) in [7, 11) is 0. The molecule has 3 N–H and O–H groups in total. The maximum absolute atomic E-state index is 5.57. The zero-order chi connectivity index (χ0) is 14.9. The molecule has 0 aliphatic heterocycles. The highest BCUT2D eigenvalue weighted by molar-refractivity contribution is 5.76. The highest BCUT2D eigenvalue weighted by Crippen LogP contribution is 2.18. The molecule has 0 fully saturated rings. The molecule has 1 aromatic heterocycles. The fourth-order valence-electron chi connectivity index (χ4n) is 2.58. The number of fused-ring (bicyclic) bond motifs is 1. The molecule has 2 rings (SSSR count). The monoisotopic (exact) mass is 286 g/mol. The van der Waals surface area contributed by atoms with E-state index < -0.39 is 0 Å². The van der Waals surface area contributed by atoms with Crippen molar-refractivity contribution in [3.63, 3.8) is 0 Å². The lowest BCUT2D eigenvalue weighted by molar-refractivity contribution is 0.587. The molecule has 114 valence electrons. The number of nitrogens with zero attached hydrogens (tertiary/aromatic N) is 2. The summed E-state index contributed by atoms with van der Waals surface area (Å²) in [5.41, 5.74) is 5.48. The standard InChI is InChI=1S/C17H26N4/c1-2-3-4-5-6-7-8-13-16-17(21-18)20-15-12-10-9-11-14(15)19-16/h9-12H,2-8,13,18H2,1H3,(H,20,21). The molecule has 4 heteroatoms. The normalized spacial score (nSPS) is 11.0. The molecule has 0 bridgehead atoms. The predicted octanol–water partition coefficient (Wildman–Crippen LogP) is 4.21. The molecule has 0 atom stereocenters. The average molecular weight is 286 g/mol. The second-order valence-corrected chi connectivity index (χ2v) is 5.52. The fraction of sp³-hybridized carbons (Fsp3) is 0.529. The molecule has 4 nitrogen and oxygen atoms in total. The summed E-state index contributed by atoms with van der Waals surface area (Å²) in [6.45, 7) is 2.25. The van der Waals surface area contributed by atoms with E-state index in [0.29, 0.717) is 5.82 Å². The van der Waals surface area contributed by atoms with Crippen LogP contribution in [0.15, 0.2) is 24.3 Å². The Bertz CT molecular complexity index is 553. The van der Waals surface area contributed by atoms with Gasteiger partial charge in [-0.1, -0.05) is 57.6 Å². The van der Waals surface area contributed by atoms with Crippen molar-refractivity contribution in [3.8, 4) is 0 Å². The maximum Gasteiger partial charge on any atom is 0.162 e. The minimum Gasteiger partial charge on any atom is -0.307 e. The Morgan fingerprint density at radius 2 is 1.52 bits per heavy atom. The SMILES string of the molecule is CCCCCCCCCc1nc2ccccc2nc1NN. The Kier molecular flexibility index (Phi) is 6.41. The molecule has 0 unspecified atom stereocenters. The highest BCUT2D eigenvalue weighted by Gasteiger charge is 2.07. The summed E-state index contributed by atoms with van der Waals surface area (Å²) in [4.78, 5) is 9.22. The third-order valence-electron chi connectivity index (χ3n) is 3.80. The van der Waals surface area contributed by atoms with Gasteiger partial charge in [0, 0.05) is 0 Å². The van der Waals surface area contributed by atoms with Gasteiger partial charge in [-0.25, -0.2) is 15.8 Å². The van der Waals surface area contributed by atoms with E-state index in [2.05, 4.69) is 22.3 Å². The van der Waals surface area contributed by atoms with E-state index in [1.54, 1.807) is 0 Å². The van der Waals surface area contributed by atoms with Crippen LogP contribution in [-0.2, 0) is 6.42 Å². The summed E-state index contributed by atoms with van der Waals surface area (Å²) in [6.07, 6.45) is 10.0. The number of rotatable bonds is 9. The van der Waals surface area contributed by atoms with Crippen LogP contribution in [0.25, 0.3) is 11.0 Å². The van der Waals surface area contributed by atoms with Gasteiger partial charge < -0.3 is 5.43 Å². The molecular weight excluding hydrogens is 260 g/mol. The first-order valence-corrected chi connectivity index (χ1v) is 8.07. The van der Waals surface area contributed by atoms with Gasteiger partial charge >= 0.3 is 0 Å². The number of benzene rings is 1. The Balaban J connectivity index is 1.88. The number of unbranched alkanes of at least 4 members (excludes halogenated alkanes) is 6. The first-order valence-electron chi connectivity index (χ1n) is 8.07. The molecule has 0 saturated heterocycles. The predicted molar refractivity (Wildman–Crippen MR) is 89.0 cm³/mol. The van der Waals surface area contributed by atoms with Crippen molar-refractivity contribution in [3.05, 3.63) is 30.0 Å². The number of nitrogens with two attached hydrogens (primary N) is 1. The zero-order valence-electron chi connectivity index (χ0n) is 12.9. The lowest BCUT2D eigenvalue weighted by Gasteiger charge is -2.09. The van der Waals surface area contributed by atoms with Crippen LogP contribution in [0.1, 0.15) is 57.6 Å². The van der Waals surface area contributed by atoms with Crippen molar-refractivity contribution in [2.24, 2.45) is 5.84 Å². The second kappa shape index (κ2) is 8.57. The van der Waals surface area contributed by atoms with Crippen LogP contribution in [0.4, 0.5) is 5.82 Å².